The van der Waals surface area contributed by atoms with Gasteiger partial charge in [0.15, 0.2) is 11.5 Å². The second-order valence-corrected chi connectivity index (χ2v) is 11.2. The highest BCUT2D eigenvalue weighted by atomic mass is 16.6. The fourth-order valence-corrected chi connectivity index (χ4v) is 5.10. The first-order valence-electron chi connectivity index (χ1n) is 16.8. The number of benzene rings is 4. The predicted octanol–water partition coefficient (Wildman–Crippen LogP) is 9.61. The molecule has 4 aromatic rings. The van der Waals surface area contributed by atoms with E-state index in [1.54, 1.807) is 0 Å². The normalized spacial score (nSPS) is 14.8. The SMILES string of the molecule is CCCCCCCCOc1ccc(N=Nc2ccc(Oc3ccc4c(c3)OCCOCCOCCOCCO4)c3ccccc23)cc1. The average molecular weight is 643 g/mol. The van der Waals surface area contributed by atoms with Crippen LogP contribution in [0.2, 0.25) is 0 Å². The molecule has 0 spiro atoms. The molecule has 0 atom stereocenters. The quantitative estimate of drug-likeness (QED) is 0.112. The van der Waals surface area contributed by atoms with E-state index in [1.807, 2.05) is 78.9 Å². The Hall–Kier alpha value is -4.18. The molecule has 0 saturated carbocycles. The minimum atomic E-state index is 0.369. The molecule has 4 aromatic carbocycles. The molecule has 0 bridgehead atoms. The summed E-state index contributed by atoms with van der Waals surface area (Å²) in [5.74, 6) is 3.36. The first-order valence-corrected chi connectivity index (χ1v) is 16.8. The summed E-state index contributed by atoms with van der Waals surface area (Å²) in [5.41, 5.74) is 1.51. The fourth-order valence-electron chi connectivity index (χ4n) is 5.10. The van der Waals surface area contributed by atoms with Crippen LogP contribution >= 0.6 is 0 Å². The van der Waals surface area contributed by atoms with Crippen molar-refractivity contribution in [2.45, 2.75) is 45.4 Å². The lowest BCUT2D eigenvalue weighted by atomic mass is 10.1. The van der Waals surface area contributed by atoms with Gasteiger partial charge in [0.05, 0.1) is 57.6 Å². The number of ether oxygens (including phenoxy) is 7. The van der Waals surface area contributed by atoms with Crippen molar-refractivity contribution in [3.05, 3.63) is 78.9 Å². The van der Waals surface area contributed by atoms with Gasteiger partial charge in [-0.3, -0.25) is 0 Å². The van der Waals surface area contributed by atoms with E-state index in [9.17, 15) is 0 Å². The van der Waals surface area contributed by atoms with Crippen molar-refractivity contribution in [3.8, 4) is 28.7 Å². The van der Waals surface area contributed by atoms with Crippen LogP contribution in [0.1, 0.15) is 45.4 Å². The molecule has 1 heterocycles. The van der Waals surface area contributed by atoms with E-state index >= 15 is 0 Å². The molecular weight excluding hydrogens is 596 g/mol. The maximum atomic E-state index is 6.38. The third-order valence-corrected chi connectivity index (χ3v) is 7.60. The molecule has 9 heteroatoms. The van der Waals surface area contributed by atoms with E-state index in [0.29, 0.717) is 75.9 Å². The Bertz CT molecular complexity index is 1530. The monoisotopic (exact) mass is 642 g/mol. The molecule has 0 aromatic heterocycles. The Morgan fingerprint density at radius 3 is 1.96 bits per heavy atom. The predicted molar refractivity (Wildman–Crippen MR) is 183 cm³/mol. The van der Waals surface area contributed by atoms with E-state index in [-0.39, 0.29) is 0 Å². The Balaban J connectivity index is 1.23. The second-order valence-electron chi connectivity index (χ2n) is 11.2. The van der Waals surface area contributed by atoms with Crippen LogP contribution in [0.15, 0.2) is 89.1 Å². The lowest BCUT2D eigenvalue weighted by Gasteiger charge is -2.15. The Kier molecular flexibility index (Phi) is 14.2. The Morgan fingerprint density at radius 1 is 0.574 bits per heavy atom. The number of hydrogen-bond acceptors (Lipinski definition) is 9. The van der Waals surface area contributed by atoms with Crippen LogP contribution in [0.5, 0.6) is 28.7 Å². The van der Waals surface area contributed by atoms with Gasteiger partial charge in [0, 0.05) is 16.8 Å². The number of hydrogen-bond donors (Lipinski definition) is 0. The molecule has 0 unspecified atom stereocenters. The van der Waals surface area contributed by atoms with Gasteiger partial charge in [-0.2, -0.15) is 5.11 Å². The van der Waals surface area contributed by atoms with E-state index < -0.39 is 0 Å². The molecule has 0 radical (unpaired) electrons. The zero-order valence-electron chi connectivity index (χ0n) is 27.4. The van der Waals surface area contributed by atoms with Crippen LogP contribution in [0, 0.1) is 0 Å². The average Bonchev–Trinajstić information content (AvgIpc) is 3.11. The summed E-state index contributed by atoms with van der Waals surface area (Å²) in [6, 6.07) is 25.1. The van der Waals surface area contributed by atoms with Gasteiger partial charge in [-0.25, -0.2) is 0 Å². The third-order valence-electron chi connectivity index (χ3n) is 7.60. The van der Waals surface area contributed by atoms with Gasteiger partial charge < -0.3 is 33.2 Å². The van der Waals surface area contributed by atoms with Gasteiger partial charge >= 0.3 is 0 Å². The second kappa shape index (κ2) is 19.5. The van der Waals surface area contributed by atoms with Gasteiger partial charge in [0.2, 0.25) is 0 Å². The van der Waals surface area contributed by atoms with Crippen molar-refractivity contribution in [1.29, 1.82) is 0 Å². The first-order chi connectivity index (χ1) is 23.3. The van der Waals surface area contributed by atoms with Gasteiger partial charge in [0.1, 0.15) is 30.5 Å². The zero-order chi connectivity index (χ0) is 32.4. The highest BCUT2D eigenvalue weighted by molar-refractivity contribution is 5.96. The minimum absolute atomic E-state index is 0.369. The van der Waals surface area contributed by atoms with Crippen molar-refractivity contribution in [3.63, 3.8) is 0 Å². The number of nitrogens with zero attached hydrogens (tertiary/aromatic N) is 2. The van der Waals surface area contributed by atoms with Crippen LogP contribution in [0.25, 0.3) is 10.8 Å². The van der Waals surface area contributed by atoms with Crippen LogP contribution in [0.3, 0.4) is 0 Å². The molecule has 9 nitrogen and oxygen atoms in total. The van der Waals surface area contributed by atoms with Crippen LogP contribution in [-0.2, 0) is 14.2 Å². The van der Waals surface area contributed by atoms with Crippen molar-refractivity contribution in [2.75, 3.05) is 59.5 Å². The smallest absolute Gasteiger partial charge is 0.165 e. The summed E-state index contributed by atoms with van der Waals surface area (Å²) in [6.07, 6.45) is 7.46. The van der Waals surface area contributed by atoms with E-state index in [0.717, 1.165) is 40.9 Å². The summed E-state index contributed by atoms with van der Waals surface area (Å²) < 4.78 is 40.9. The van der Waals surface area contributed by atoms with E-state index in [2.05, 4.69) is 17.2 Å². The van der Waals surface area contributed by atoms with Crippen LogP contribution in [-0.4, -0.2) is 59.5 Å². The van der Waals surface area contributed by atoms with E-state index in [1.165, 1.54) is 32.1 Å². The fraction of sp³-hybridized carbons (Fsp3) is 0.421. The standard InChI is InChI=1S/C38H46N2O7/c1-2-3-4-5-6-9-20-44-31-14-12-30(13-15-31)39-40-35-17-19-36(34-11-8-7-10-33(34)35)47-32-16-18-37-38(29-32)46-28-26-43-24-22-41-21-23-42-25-27-45-37/h7-8,10-19,29H,2-6,9,20-28H2,1H3. The highest BCUT2D eigenvalue weighted by Gasteiger charge is 2.12. The summed E-state index contributed by atoms with van der Waals surface area (Å²) in [4.78, 5) is 0. The number of azo groups is 1. The molecule has 1 aliphatic heterocycles. The Morgan fingerprint density at radius 2 is 1.21 bits per heavy atom. The van der Waals surface area contributed by atoms with Gasteiger partial charge in [-0.05, 0) is 55.0 Å². The number of rotatable bonds is 12. The molecule has 0 N–H and O–H groups in total. The largest absolute Gasteiger partial charge is 0.494 e. The van der Waals surface area contributed by atoms with Crippen LogP contribution in [0.4, 0.5) is 11.4 Å². The van der Waals surface area contributed by atoms with Crippen LogP contribution < -0.4 is 18.9 Å². The summed E-state index contributed by atoms with van der Waals surface area (Å²) in [7, 11) is 0. The summed E-state index contributed by atoms with van der Waals surface area (Å²) in [5, 5.41) is 10.9. The molecule has 5 rings (SSSR count). The van der Waals surface area contributed by atoms with Crippen molar-refractivity contribution >= 4 is 22.1 Å². The van der Waals surface area contributed by atoms with Gasteiger partial charge in [-0.15, -0.1) is 5.11 Å². The lowest BCUT2D eigenvalue weighted by molar-refractivity contribution is 0.00708. The van der Waals surface area contributed by atoms with Crippen molar-refractivity contribution in [2.24, 2.45) is 10.2 Å². The number of unbranched alkanes of at least 4 members (excludes halogenated alkanes) is 5. The summed E-state index contributed by atoms with van der Waals surface area (Å²) in [6.45, 7) is 6.67. The van der Waals surface area contributed by atoms with E-state index in [4.69, 9.17) is 33.2 Å². The van der Waals surface area contributed by atoms with Crippen molar-refractivity contribution in [1.82, 2.24) is 0 Å². The zero-order valence-corrected chi connectivity index (χ0v) is 27.4. The molecular formula is C38H46N2O7. The molecule has 0 aliphatic carbocycles. The Labute approximate surface area is 277 Å². The molecule has 47 heavy (non-hydrogen) atoms. The number of fused-ring (bicyclic) bond motifs is 2. The molecule has 0 fully saturated rings. The third kappa shape index (κ3) is 11.2. The topological polar surface area (TPSA) is 89.3 Å². The molecule has 250 valence electrons. The van der Waals surface area contributed by atoms with Gasteiger partial charge in [0.25, 0.3) is 0 Å². The van der Waals surface area contributed by atoms with Gasteiger partial charge in [-0.1, -0.05) is 63.3 Å². The maximum Gasteiger partial charge on any atom is 0.165 e. The summed E-state index contributed by atoms with van der Waals surface area (Å²) >= 11 is 0. The highest BCUT2D eigenvalue weighted by Crippen LogP contribution is 2.39. The van der Waals surface area contributed by atoms with Crippen molar-refractivity contribution < 1.29 is 33.2 Å². The maximum absolute atomic E-state index is 6.38. The molecule has 0 amide bonds. The molecule has 0 saturated heterocycles. The lowest BCUT2D eigenvalue weighted by Crippen LogP contribution is -2.13. The minimum Gasteiger partial charge on any atom is -0.494 e. The first kappa shape index (κ1) is 34.2. The molecule has 1 aliphatic rings.